The largest absolute Gasteiger partial charge is 0.357 e. The molecule has 0 fully saturated rings. The normalized spacial score (nSPS) is 11.6. The molecule has 0 aromatic carbocycles. The van der Waals surface area contributed by atoms with Crippen molar-refractivity contribution < 1.29 is 0 Å². The molecule has 2 aromatic heterocycles. The summed E-state index contributed by atoms with van der Waals surface area (Å²) in [7, 11) is 2.02. The fourth-order valence-corrected chi connectivity index (χ4v) is 2.93. The lowest BCUT2D eigenvalue weighted by atomic mass is 10.1. The Morgan fingerprint density at radius 1 is 1.16 bits per heavy atom. The standard InChI is InChI=1S/C19H30N6/c1-5-17-16(18(6-2)25(4)24-17)14-23-19(20-7-3)22-13-11-15-10-8-9-12-21-15/h8-10,12H,5-7,11,13-14H2,1-4H3,(H2,20,22,23). The van der Waals surface area contributed by atoms with Crippen molar-refractivity contribution in [3.63, 3.8) is 0 Å². The fraction of sp³-hybridized carbons (Fsp3) is 0.526. The molecular formula is C19H30N6. The summed E-state index contributed by atoms with van der Waals surface area (Å²) in [5, 5.41) is 11.3. The van der Waals surface area contributed by atoms with Crippen molar-refractivity contribution in [2.75, 3.05) is 13.1 Å². The highest BCUT2D eigenvalue weighted by Crippen LogP contribution is 2.16. The molecule has 6 nitrogen and oxygen atoms in total. The number of aryl methyl sites for hydroxylation is 2. The lowest BCUT2D eigenvalue weighted by Gasteiger charge is -2.11. The van der Waals surface area contributed by atoms with Crippen LogP contribution in [0, 0.1) is 0 Å². The monoisotopic (exact) mass is 342 g/mol. The predicted molar refractivity (Wildman–Crippen MR) is 103 cm³/mol. The summed E-state index contributed by atoms with van der Waals surface area (Å²) in [4.78, 5) is 9.12. The first-order valence-corrected chi connectivity index (χ1v) is 9.15. The third-order valence-electron chi connectivity index (χ3n) is 4.17. The molecule has 2 rings (SSSR count). The molecule has 0 unspecified atom stereocenters. The molecule has 2 aromatic rings. The average molecular weight is 342 g/mol. The Labute approximate surface area is 150 Å². The second-order valence-electron chi connectivity index (χ2n) is 5.90. The van der Waals surface area contributed by atoms with Crippen molar-refractivity contribution >= 4 is 5.96 Å². The first kappa shape index (κ1) is 19.0. The molecule has 0 amide bonds. The van der Waals surface area contributed by atoms with Crippen LogP contribution in [0.5, 0.6) is 0 Å². The van der Waals surface area contributed by atoms with Crippen molar-refractivity contribution in [1.82, 2.24) is 25.4 Å². The molecule has 0 saturated heterocycles. The van der Waals surface area contributed by atoms with Gasteiger partial charge in [0.2, 0.25) is 0 Å². The number of nitrogens with one attached hydrogen (secondary N) is 2. The van der Waals surface area contributed by atoms with Crippen molar-refractivity contribution in [2.24, 2.45) is 12.0 Å². The third kappa shape index (κ3) is 5.31. The number of aromatic nitrogens is 3. The number of rotatable bonds is 8. The van der Waals surface area contributed by atoms with Gasteiger partial charge in [0, 0.05) is 49.7 Å². The van der Waals surface area contributed by atoms with Gasteiger partial charge in [-0.25, -0.2) is 4.99 Å². The maximum Gasteiger partial charge on any atom is 0.191 e. The summed E-state index contributed by atoms with van der Waals surface area (Å²) in [6.07, 6.45) is 4.61. The smallest absolute Gasteiger partial charge is 0.191 e. The van der Waals surface area contributed by atoms with Crippen molar-refractivity contribution in [3.05, 3.63) is 47.0 Å². The zero-order valence-electron chi connectivity index (χ0n) is 15.8. The van der Waals surface area contributed by atoms with Gasteiger partial charge in [-0.3, -0.25) is 9.67 Å². The molecule has 0 atom stereocenters. The maximum atomic E-state index is 4.77. The zero-order valence-corrected chi connectivity index (χ0v) is 15.8. The molecule has 0 spiro atoms. The summed E-state index contributed by atoms with van der Waals surface area (Å²) in [6.45, 7) is 8.68. The summed E-state index contributed by atoms with van der Waals surface area (Å²) >= 11 is 0. The van der Waals surface area contributed by atoms with E-state index in [0.717, 1.165) is 49.7 Å². The quantitative estimate of drug-likeness (QED) is 0.570. The van der Waals surface area contributed by atoms with Crippen LogP contribution in [-0.4, -0.2) is 33.8 Å². The predicted octanol–water partition coefficient (Wildman–Crippen LogP) is 2.24. The highest BCUT2D eigenvalue weighted by molar-refractivity contribution is 5.79. The highest BCUT2D eigenvalue weighted by atomic mass is 15.3. The van der Waals surface area contributed by atoms with Crippen LogP contribution in [0.2, 0.25) is 0 Å². The van der Waals surface area contributed by atoms with Gasteiger partial charge in [0.15, 0.2) is 5.96 Å². The molecule has 136 valence electrons. The molecule has 0 aliphatic carbocycles. The number of hydrogen-bond acceptors (Lipinski definition) is 3. The van der Waals surface area contributed by atoms with E-state index >= 15 is 0 Å². The molecule has 0 radical (unpaired) electrons. The first-order chi connectivity index (χ1) is 12.2. The Balaban J connectivity index is 2.02. The number of pyridine rings is 1. The van der Waals surface area contributed by atoms with Crippen molar-refractivity contribution in [1.29, 1.82) is 0 Å². The Morgan fingerprint density at radius 3 is 2.64 bits per heavy atom. The lowest BCUT2D eigenvalue weighted by Crippen LogP contribution is -2.38. The van der Waals surface area contributed by atoms with Crippen LogP contribution in [0.25, 0.3) is 0 Å². The van der Waals surface area contributed by atoms with E-state index in [2.05, 4.69) is 41.5 Å². The van der Waals surface area contributed by atoms with Gasteiger partial charge in [0.25, 0.3) is 0 Å². The molecule has 0 saturated carbocycles. The second kappa shape index (κ2) is 9.81. The van der Waals surface area contributed by atoms with Crippen LogP contribution in [0.15, 0.2) is 29.4 Å². The van der Waals surface area contributed by atoms with E-state index in [-0.39, 0.29) is 0 Å². The fourth-order valence-electron chi connectivity index (χ4n) is 2.93. The molecule has 6 heteroatoms. The van der Waals surface area contributed by atoms with Crippen molar-refractivity contribution in [3.8, 4) is 0 Å². The average Bonchev–Trinajstić information content (AvgIpc) is 2.95. The van der Waals surface area contributed by atoms with E-state index < -0.39 is 0 Å². The van der Waals surface area contributed by atoms with Gasteiger partial charge in [-0.15, -0.1) is 0 Å². The van der Waals surface area contributed by atoms with Crippen LogP contribution in [0.3, 0.4) is 0 Å². The molecular weight excluding hydrogens is 312 g/mol. The summed E-state index contributed by atoms with van der Waals surface area (Å²) in [6, 6.07) is 6.00. The summed E-state index contributed by atoms with van der Waals surface area (Å²) < 4.78 is 1.99. The van der Waals surface area contributed by atoms with E-state index in [4.69, 9.17) is 4.99 Å². The van der Waals surface area contributed by atoms with Gasteiger partial charge in [-0.05, 0) is 31.9 Å². The van der Waals surface area contributed by atoms with Gasteiger partial charge in [0.05, 0.1) is 12.2 Å². The minimum absolute atomic E-state index is 0.652. The summed E-state index contributed by atoms with van der Waals surface area (Å²) in [5.41, 5.74) is 4.76. The van der Waals surface area contributed by atoms with Crippen LogP contribution in [-0.2, 0) is 32.9 Å². The number of aliphatic imine (C=N–C) groups is 1. The molecule has 2 N–H and O–H groups in total. The second-order valence-corrected chi connectivity index (χ2v) is 5.90. The number of hydrogen-bond donors (Lipinski definition) is 2. The Morgan fingerprint density at radius 2 is 2.00 bits per heavy atom. The van der Waals surface area contributed by atoms with Gasteiger partial charge in [-0.1, -0.05) is 19.9 Å². The first-order valence-electron chi connectivity index (χ1n) is 9.15. The zero-order chi connectivity index (χ0) is 18.1. The summed E-state index contributed by atoms with van der Waals surface area (Å²) in [5.74, 6) is 0.839. The molecule has 0 bridgehead atoms. The number of nitrogens with zero attached hydrogens (tertiary/aromatic N) is 4. The van der Waals surface area contributed by atoms with Crippen LogP contribution < -0.4 is 10.6 Å². The minimum Gasteiger partial charge on any atom is -0.357 e. The maximum absolute atomic E-state index is 4.77. The third-order valence-corrected chi connectivity index (χ3v) is 4.17. The van der Waals surface area contributed by atoms with E-state index in [1.807, 2.05) is 36.1 Å². The Hall–Kier alpha value is -2.37. The van der Waals surface area contributed by atoms with E-state index in [0.29, 0.717) is 6.54 Å². The van der Waals surface area contributed by atoms with E-state index in [1.54, 1.807) is 0 Å². The highest BCUT2D eigenvalue weighted by Gasteiger charge is 2.13. The van der Waals surface area contributed by atoms with Crippen LogP contribution in [0.1, 0.15) is 43.4 Å². The van der Waals surface area contributed by atoms with Crippen LogP contribution in [0.4, 0.5) is 0 Å². The van der Waals surface area contributed by atoms with Gasteiger partial charge >= 0.3 is 0 Å². The van der Waals surface area contributed by atoms with Gasteiger partial charge in [-0.2, -0.15) is 5.10 Å². The van der Waals surface area contributed by atoms with E-state index in [1.165, 1.54) is 11.3 Å². The van der Waals surface area contributed by atoms with Crippen molar-refractivity contribution in [2.45, 2.75) is 46.6 Å². The lowest BCUT2D eigenvalue weighted by molar-refractivity contribution is 0.703. The molecule has 0 aliphatic heterocycles. The van der Waals surface area contributed by atoms with E-state index in [9.17, 15) is 0 Å². The van der Waals surface area contributed by atoms with Crippen LogP contribution >= 0.6 is 0 Å². The molecule has 2 heterocycles. The number of guanidine groups is 1. The topological polar surface area (TPSA) is 67.1 Å². The minimum atomic E-state index is 0.652. The Bertz CT molecular complexity index is 675. The SMILES string of the molecule is CCNC(=NCc1c(CC)nn(C)c1CC)NCCc1ccccn1. The molecule has 25 heavy (non-hydrogen) atoms. The van der Waals surface area contributed by atoms with Gasteiger partial charge in [0.1, 0.15) is 0 Å². The van der Waals surface area contributed by atoms with Gasteiger partial charge < -0.3 is 10.6 Å². The Kier molecular flexibility index (Phi) is 7.44. The molecule has 0 aliphatic rings.